The molecule has 0 saturated heterocycles. The van der Waals surface area contributed by atoms with E-state index in [-0.39, 0.29) is 23.4 Å². The van der Waals surface area contributed by atoms with E-state index < -0.39 is 0 Å². The van der Waals surface area contributed by atoms with Crippen LogP contribution in [-0.4, -0.2) is 23.4 Å². The van der Waals surface area contributed by atoms with Crippen molar-refractivity contribution in [3.8, 4) is 0 Å². The van der Waals surface area contributed by atoms with Crippen LogP contribution in [0.15, 0.2) is 0 Å². The van der Waals surface area contributed by atoms with Gasteiger partial charge in [-0.05, 0) is 67.2 Å². The van der Waals surface area contributed by atoms with Crippen molar-refractivity contribution < 1.29 is 19.6 Å². The summed E-state index contributed by atoms with van der Waals surface area (Å²) in [5.41, 5.74) is -0.549. The van der Waals surface area contributed by atoms with Crippen LogP contribution in [0.2, 0.25) is 0 Å². The third-order valence-corrected chi connectivity index (χ3v) is 2.59. The highest BCUT2D eigenvalue weighted by Gasteiger charge is 2.19. The summed E-state index contributed by atoms with van der Waals surface area (Å²) >= 11 is 0. The molecule has 2 atom stereocenters. The molecular formula is C16H34O4. The summed E-state index contributed by atoms with van der Waals surface area (Å²) in [6, 6.07) is 0. The molecule has 0 radical (unpaired) electrons. The number of hydrogen-bond donors (Lipinski definition) is 0. The van der Waals surface area contributed by atoms with Crippen molar-refractivity contribution in [3.63, 3.8) is 0 Å². The predicted molar refractivity (Wildman–Crippen MR) is 81.2 cm³/mol. The molecule has 0 spiro atoms. The second-order valence-corrected chi connectivity index (χ2v) is 7.22. The summed E-state index contributed by atoms with van der Waals surface area (Å²) in [5, 5.41) is 0. The van der Waals surface area contributed by atoms with E-state index in [1.54, 1.807) is 0 Å². The maximum absolute atomic E-state index is 5.50. The lowest BCUT2D eigenvalue weighted by atomic mass is 10.1. The molecule has 0 heterocycles. The Balaban J connectivity index is 4.05. The number of rotatable bonds is 9. The van der Waals surface area contributed by atoms with Gasteiger partial charge in [-0.3, -0.25) is 0 Å². The third-order valence-electron chi connectivity index (χ3n) is 2.59. The Morgan fingerprint density at radius 2 is 0.950 bits per heavy atom. The molecule has 0 aliphatic rings. The Kier molecular flexibility index (Phi) is 8.91. The number of hydrogen-bond acceptors (Lipinski definition) is 4. The largest absolute Gasteiger partial charge is 0.233 e. The zero-order chi connectivity index (χ0) is 15.8. The summed E-state index contributed by atoms with van der Waals surface area (Å²) < 4.78 is 0. The summed E-state index contributed by atoms with van der Waals surface area (Å²) in [6.07, 6.45) is 3.85. The van der Waals surface area contributed by atoms with Gasteiger partial charge in [-0.1, -0.05) is 13.8 Å². The minimum absolute atomic E-state index is 0.0986. The fraction of sp³-hybridized carbons (Fsp3) is 1.00. The predicted octanol–water partition coefficient (Wildman–Crippen LogP) is 4.82. The Hall–Kier alpha value is -0.160. The minimum Gasteiger partial charge on any atom is -0.233 e. The van der Waals surface area contributed by atoms with Crippen molar-refractivity contribution in [1.29, 1.82) is 0 Å². The van der Waals surface area contributed by atoms with Gasteiger partial charge in [-0.25, -0.2) is 19.6 Å². The van der Waals surface area contributed by atoms with Gasteiger partial charge in [0.1, 0.15) is 0 Å². The summed E-state index contributed by atoms with van der Waals surface area (Å²) in [4.78, 5) is 21.8. The maximum Gasteiger partial charge on any atom is 0.0952 e. The van der Waals surface area contributed by atoms with Crippen LogP contribution in [0.1, 0.15) is 81.1 Å². The molecule has 0 amide bonds. The van der Waals surface area contributed by atoms with Crippen LogP contribution in [-0.2, 0) is 19.6 Å². The van der Waals surface area contributed by atoms with Gasteiger partial charge in [-0.2, -0.15) is 0 Å². The van der Waals surface area contributed by atoms with Gasteiger partial charge in [-0.15, -0.1) is 0 Å². The molecule has 0 fully saturated rings. The molecule has 20 heavy (non-hydrogen) atoms. The van der Waals surface area contributed by atoms with E-state index >= 15 is 0 Å². The first-order chi connectivity index (χ1) is 9.07. The zero-order valence-corrected chi connectivity index (χ0v) is 14.6. The molecule has 4 nitrogen and oxygen atoms in total. The highest BCUT2D eigenvalue weighted by Crippen LogP contribution is 2.18. The first kappa shape index (κ1) is 19.8. The van der Waals surface area contributed by atoms with Crippen molar-refractivity contribution in [2.75, 3.05) is 0 Å². The molecule has 0 rings (SSSR count). The lowest BCUT2D eigenvalue weighted by Gasteiger charge is -2.25. The Bertz CT molecular complexity index is 214. The first-order valence-corrected chi connectivity index (χ1v) is 7.76. The summed E-state index contributed by atoms with van der Waals surface area (Å²) in [5.74, 6) is 0. The topological polar surface area (TPSA) is 36.9 Å². The normalized spacial score (nSPS) is 16.2. The third kappa shape index (κ3) is 11.6. The standard InChI is InChI=1S/C16H34O4/c1-9-13(17-19-15(3,4)5)11-12-14(10-2)18-20-16(6,7)8/h13-14H,9-12H2,1-8H3/t13-,14?/m0/s1. The Morgan fingerprint density at radius 1 is 0.650 bits per heavy atom. The van der Waals surface area contributed by atoms with Crippen LogP contribution >= 0.6 is 0 Å². The van der Waals surface area contributed by atoms with Gasteiger partial charge < -0.3 is 0 Å². The molecule has 1 unspecified atom stereocenters. The minimum atomic E-state index is -0.274. The Morgan fingerprint density at radius 3 is 1.15 bits per heavy atom. The average molecular weight is 290 g/mol. The molecule has 0 aromatic heterocycles. The van der Waals surface area contributed by atoms with Crippen LogP contribution in [0.25, 0.3) is 0 Å². The molecule has 0 bridgehead atoms. The summed E-state index contributed by atoms with van der Waals surface area (Å²) in [7, 11) is 0. The molecule has 0 aliphatic carbocycles. The lowest BCUT2D eigenvalue weighted by molar-refractivity contribution is -0.383. The van der Waals surface area contributed by atoms with E-state index in [2.05, 4.69) is 13.8 Å². The second kappa shape index (κ2) is 8.98. The molecule has 0 aromatic rings. The smallest absolute Gasteiger partial charge is 0.0952 e. The van der Waals surface area contributed by atoms with Gasteiger partial charge in [0.2, 0.25) is 0 Å². The van der Waals surface area contributed by atoms with Crippen molar-refractivity contribution in [3.05, 3.63) is 0 Å². The highest BCUT2D eigenvalue weighted by atomic mass is 17.2. The van der Waals surface area contributed by atoms with Crippen molar-refractivity contribution >= 4 is 0 Å². The van der Waals surface area contributed by atoms with Gasteiger partial charge >= 0.3 is 0 Å². The molecule has 122 valence electrons. The second-order valence-electron chi connectivity index (χ2n) is 7.22. The quantitative estimate of drug-likeness (QED) is 0.451. The van der Waals surface area contributed by atoms with Crippen molar-refractivity contribution in [2.24, 2.45) is 0 Å². The highest BCUT2D eigenvalue weighted by molar-refractivity contribution is 4.62. The first-order valence-electron chi connectivity index (χ1n) is 7.76. The molecule has 0 aromatic carbocycles. The summed E-state index contributed by atoms with van der Waals surface area (Å²) in [6.45, 7) is 16.1. The monoisotopic (exact) mass is 290 g/mol. The fourth-order valence-corrected chi connectivity index (χ4v) is 1.44. The Labute approximate surface area is 125 Å². The van der Waals surface area contributed by atoms with E-state index in [4.69, 9.17) is 19.6 Å². The van der Waals surface area contributed by atoms with Crippen LogP contribution in [0.3, 0.4) is 0 Å². The fourth-order valence-electron chi connectivity index (χ4n) is 1.44. The zero-order valence-electron chi connectivity index (χ0n) is 14.6. The van der Waals surface area contributed by atoms with Gasteiger partial charge in [0.15, 0.2) is 0 Å². The van der Waals surface area contributed by atoms with E-state index in [1.807, 2.05) is 41.5 Å². The van der Waals surface area contributed by atoms with Gasteiger partial charge in [0, 0.05) is 0 Å². The van der Waals surface area contributed by atoms with Crippen LogP contribution in [0, 0.1) is 0 Å². The van der Waals surface area contributed by atoms with E-state index in [0.717, 1.165) is 25.7 Å². The average Bonchev–Trinajstić information content (AvgIpc) is 2.30. The molecule has 4 heteroatoms. The van der Waals surface area contributed by atoms with Gasteiger partial charge in [0.05, 0.1) is 23.4 Å². The van der Waals surface area contributed by atoms with Crippen molar-refractivity contribution in [2.45, 2.75) is 104 Å². The SMILES string of the molecule is CCC(CC[C@H](CC)OOC(C)(C)C)OOC(C)(C)C. The van der Waals surface area contributed by atoms with Gasteiger partial charge in [0.25, 0.3) is 0 Å². The van der Waals surface area contributed by atoms with Crippen LogP contribution in [0.4, 0.5) is 0 Å². The molecule has 0 aliphatic heterocycles. The lowest BCUT2D eigenvalue weighted by Crippen LogP contribution is -2.27. The van der Waals surface area contributed by atoms with E-state index in [0.29, 0.717) is 0 Å². The molecule has 0 N–H and O–H groups in total. The van der Waals surface area contributed by atoms with E-state index in [1.165, 1.54) is 0 Å². The van der Waals surface area contributed by atoms with Crippen LogP contribution < -0.4 is 0 Å². The van der Waals surface area contributed by atoms with Crippen molar-refractivity contribution in [1.82, 2.24) is 0 Å². The molecule has 0 saturated carbocycles. The van der Waals surface area contributed by atoms with E-state index in [9.17, 15) is 0 Å². The molecular weight excluding hydrogens is 256 g/mol. The van der Waals surface area contributed by atoms with Crippen LogP contribution in [0.5, 0.6) is 0 Å². The maximum atomic E-state index is 5.50.